The molecule has 2 heterocycles. The standard InChI is InChI=1S/C19H20BrFN2O3/c1-2-22(10-13-8-15(20)5-6-17(13)21)19(25)14-9-18(24)23(11-14)12-16-4-3-7-26-16/h3-8,14H,2,9-12H2,1H3/t14-/m1/s1. The van der Waals surface area contributed by atoms with Crippen molar-refractivity contribution in [2.45, 2.75) is 26.4 Å². The molecule has 7 heteroatoms. The summed E-state index contributed by atoms with van der Waals surface area (Å²) >= 11 is 3.33. The normalized spacial score (nSPS) is 17.0. The number of hydrogen-bond donors (Lipinski definition) is 0. The van der Waals surface area contributed by atoms with E-state index in [1.165, 1.54) is 6.07 Å². The first-order chi connectivity index (χ1) is 12.5. The molecule has 26 heavy (non-hydrogen) atoms. The Morgan fingerprint density at radius 1 is 1.42 bits per heavy atom. The number of furan rings is 1. The monoisotopic (exact) mass is 422 g/mol. The summed E-state index contributed by atoms with van der Waals surface area (Å²) in [4.78, 5) is 28.3. The predicted octanol–water partition coefficient (Wildman–Crippen LogP) is 3.58. The number of nitrogens with zero attached hydrogens (tertiary/aromatic N) is 2. The lowest BCUT2D eigenvalue weighted by molar-refractivity contribution is -0.136. The van der Waals surface area contributed by atoms with Crippen molar-refractivity contribution < 1.29 is 18.4 Å². The molecular weight excluding hydrogens is 403 g/mol. The van der Waals surface area contributed by atoms with Gasteiger partial charge in [0.15, 0.2) is 0 Å². The van der Waals surface area contributed by atoms with Gasteiger partial charge in [-0.25, -0.2) is 4.39 Å². The predicted molar refractivity (Wildman–Crippen MR) is 97.4 cm³/mol. The maximum atomic E-state index is 14.0. The molecular formula is C19H20BrFN2O3. The molecule has 0 aliphatic carbocycles. The van der Waals surface area contributed by atoms with Crippen LogP contribution in [0.15, 0.2) is 45.5 Å². The lowest BCUT2D eigenvalue weighted by atomic mass is 10.1. The third kappa shape index (κ3) is 4.15. The van der Waals surface area contributed by atoms with Gasteiger partial charge >= 0.3 is 0 Å². The average molecular weight is 423 g/mol. The van der Waals surface area contributed by atoms with Crippen molar-refractivity contribution in [3.8, 4) is 0 Å². The van der Waals surface area contributed by atoms with E-state index in [-0.39, 0.29) is 30.6 Å². The summed E-state index contributed by atoms with van der Waals surface area (Å²) in [5, 5.41) is 0. The highest BCUT2D eigenvalue weighted by Crippen LogP contribution is 2.24. The van der Waals surface area contributed by atoms with Crippen LogP contribution in [-0.2, 0) is 22.7 Å². The smallest absolute Gasteiger partial charge is 0.228 e. The van der Waals surface area contributed by atoms with E-state index in [0.29, 0.717) is 31.0 Å². The Bertz CT molecular complexity index is 794. The van der Waals surface area contributed by atoms with E-state index >= 15 is 0 Å². The van der Waals surface area contributed by atoms with E-state index in [1.807, 2.05) is 6.92 Å². The van der Waals surface area contributed by atoms with Gasteiger partial charge in [0, 0.05) is 36.1 Å². The van der Waals surface area contributed by atoms with E-state index in [2.05, 4.69) is 15.9 Å². The maximum absolute atomic E-state index is 14.0. The lowest BCUT2D eigenvalue weighted by Gasteiger charge is -2.24. The van der Waals surface area contributed by atoms with Crippen molar-refractivity contribution in [1.82, 2.24) is 9.80 Å². The molecule has 0 N–H and O–H groups in total. The molecule has 1 aliphatic heterocycles. The highest BCUT2D eigenvalue weighted by Gasteiger charge is 2.36. The first-order valence-corrected chi connectivity index (χ1v) is 9.30. The SMILES string of the molecule is CCN(Cc1cc(Br)ccc1F)C(=O)[C@@H]1CC(=O)N(Cc2ccco2)C1. The Morgan fingerprint density at radius 2 is 2.23 bits per heavy atom. The van der Waals surface area contributed by atoms with Crippen molar-refractivity contribution in [3.63, 3.8) is 0 Å². The summed E-state index contributed by atoms with van der Waals surface area (Å²) in [5.41, 5.74) is 0.450. The lowest BCUT2D eigenvalue weighted by Crippen LogP contribution is -2.37. The van der Waals surface area contributed by atoms with E-state index in [9.17, 15) is 14.0 Å². The van der Waals surface area contributed by atoms with Crippen molar-refractivity contribution in [2.24, 2.45) is 5.92 Å². The minimum absolute atomic E-state index is 0.0653. The van der Waals surface area contributed by atoms with Crippen molar-refractivity contribution in [3.05, 3.63) is 58.2 Å². The van der Waals surface area contributed by atoms with Crippen LogP contribution in [0.1, 0.15) is 24.7 Å². The number of benzene rings is 1. The van der Waals surface area contributed by atoms with Gasteiger partial charge in [-0.15, -0.1) is 0 Å². The molecule has 2 amide bonds. The van der Waals surface area contributed by atoms with Crippen LogP contribution < -0.4 is 0 Å². The van der Waals surface area contributed by atoms with Gasteiger partial charge in [0.25, 0.3) is 0 Å². The Morgan fingerprint density at radius 3 is 2.92 bits per heavy atom. The molecule has 1 aromatic heterocycles. The van der Waals surface area contributed by atoms with Crippen LogP contribution >= 0.6 is 15.9 Å². The maximum Gasteiger partial charge on any atom is 0.228 e. The van der Waals surface area contributed by atoms with Gasteiger partial charge in [0.2, 0.25) is 11.8 Å². The molecule has 1 aromatic carbocycles. The zero-order valence-electron chi connectivity index (χ0n) is 14.5. The second kappa shape index (κ2) is 8.03. The molecule has 0 radical (unpaired) electrons. The van der Waals surface area contributed by atoms with Crippen molar-refractivity contribution >= 4 is 27.7 Å². The summed E-state index contributed by atoms with van der Waals surface area (Å²) < 4.78 is 20.0. The molecule has 1 saturated heterocycles. The molecule has 0 bridgehead atoms. The third-order valence-electron chi connectivity index (χ3n) is 4.55. The van der Waals surface area contributed by atoms with Crippen LogP contribution in [0.3, 0.4) is 0 Å². The third-order valence-corrected chi connectivity index (χ3v) is 5.05. The molecule has 0 spiro atoms. The van der Waals surface area contributed by atoms with Crippen LogP contribution in [-0.4, -0.2) is 34.7 Å². The van der Waals surface area contributed by atoms with E-state index in [0.717, 1.165) is 4.47 Å². The van der Waals surface area contributed by atoms with Crippen LogP contribution in [0.25, 0.3) is 0 Å². The number of likely N-dealkylation sites (tertiary alicyclic amines) is 1. The largest absolute Gasteiger partial charge is 0.467 e. The number of amides is 2. The summed E-state index contributed by atoms with van der Waals surface area (Å²) in [6, 6.07) is 8.25. The summed E-state index contributed by atoms with van der Waals surface area (Å²) in [5.74, 6) is -0.254. The van der Waals surface area contributed by atoms with E-state index in [1.54, 1.807) is 40.3 Å². The molecule has 2 aromatic rings. The topological polar surface area (TPSA) is 53.8 Å². The second-order valence-corrected chi connectivity index (χ2v) is 7.26. The molecule has 1 aliphatic rings. The summed E-state index contributed by atoms with van der Waals surface area (Å²) in [6.07, 6.45) is 1.74. The number of carbonyl (C=O) groups excluding carboxylic acids is 2. The van der Waals surface area contributed by atoms with E-state index < -0.39 is 5.92 Å². The highest BCUT2D eigenvalue weighted by atomic mass is 79.9. The summed E-state index contributed by atoms with van der Waals surface area (Å²) in [7, 11) is 0. The van der Waals surface area contributed by atoms with Gasteiger partial charge in [-0.1, -0.05) is 15.9 Å². The molecule has 5 nitrogen and oxygen atoms in total. The van der Waals surface area contributed by atoms with Crippen LogP contribution in [0.4, 0.5) is 4.39 Å². The fraction of sp³-hybridized carbons (Fsp3) is 0.368. The number of carbonyl (C=O) groups is 2. The molecule has 0 unspecified atom stereocenters. The quantitative estimate of drug-likeness (QED) is 0.714. The first kappa shape index (κ1) is 18.6. The molecule has 138 valence electrons. The second-order valence-electron chi connectivity index (χ2n) is 6.34. The van der Waals surface area contributed by atoms with Crippen LogP contribution in [0.5, 0.6) is 0 Å². The average Bonchev–Trinajstić information content (AvgIpc) is 3.26. The van der Waals surface area contributed by atoms with Crippen molar-refractivity contribution in [2.75, 3.05) is 13.1 Å². The zero-order valence-corrected chi connectivity index (χ0v) is 16.0. The molecule has 0 saturated carbocycles. The van der Waals surface area contributed by atoms with Gasteiger partial charge in [-0.2, -0.15) is 0 Å². The fourth-order valence-electron chi connectivity index (χ4n) is 3.15. The number of halogens is 2. The Balaban J connectivity index is 1.67. The number of hydrogen-bond acceptors (Lipinski definition) is 3. The van der Waals surface area contributed by atoms with Crippen molar-refractivity contribution in [1.29, 1.82) is 0 Å². The molecule has 3 rings (SSSR count). The summed E-state index contributed by atoms with van der Waals surface area (Å²) in [6.45, 7) is 3.21. The van der Waals surface area contributed by atoms with Gasteiger partial charge in [0.1, 0.15) is 11.6 Å². The molecule has 1 atom stereocenters. The minimum Gasteiger partial charge on any atom is -0.467 e. The Hall–Kier alpha value is -2.15. The first-order valence-electron chi connectivity index (χ1n) is 8.50. The minimum atomic E-state index is -0.410. The van der Waals surface area contributed by atoms with Gasteiger partial charge in [-0.05, 0) is 37.3 Å². The Labute approximate surface area is 159 Å². The Kier molecular flexibility index (Phi) is 5.76. The van der Waals surface area contributed by atoms with Gasteiger partial charge < -0.3 is 14.2 Å². The van der Waals surface area contributed by atoms with Gasteiger partial charge in [-0.3, -0.25) is 9.59 Å². The van der Waals surface area contributed by atoms with Crippen LogP contribution in [0.2, 0.25) is 0 Å². The highest BCUT2D eigenvalue weighted by molar-refractivity contribution is 9.10. The zero-order chi connectivity index (χ0) is 18.7. The van der Waals surface area contributed by atoms with E-state index in [4.69, 9.17) is 4.42 Å². The van der Waals surface area contributed by atoms with Crippen LogP contribution in [0, 0.1) is 11.7 Å². The van der Waals surface area contributed by atoms with Gasteiger partial charge in [0.05, 0.1) is 18.7 Å². The number of rotatable bonds is 6. The molecule has 1 fully saturated rings. The fourth-order valence-corrected chi connectivity index (χ4v) is 3.56.